The van der Waals surface area contributed by atoms with Crippen LogP contribution >= 0.6 is 0 Å². The van der Waals surface area contributed by atoms with Crippen molar-refractivity contribution in [2.24, 2.45) is 0 Å². The molecular weight excluding hydrogens is 280 g/mol. The van der Waals surface area contributed by atoms with Gasteiger partial charge in [0.25, 0.3) is 5.92 Å². The van der Waals surface area contributed by atoms with Crippen molar-refractivity contribution in [2.45, 2.75) is 19.8 Å². The summed E-state index contributed by atoms with van der Waals surface area (Å²) < 4.78 is 32.5. The number of rotatable bonds is 4. The molecule has 2 aromatic rings. The fraction of sp³-hybridized carbons (Fsp3) is 0.200. The Hall–Kier alpha value is -2.50. The van der Waals surface area contributed by atoms with Gasteiger partial charge < -0.3 is 9.84 Å². The van der Waals surface area contributed by atoms with Crippen LogP contribution < -0.4 is 4.74 Å². The maximum Gasteiger partial charge on any atom is 0.354 e. The number of aromatic nitrogens is 1. The third-order valence-corrected chi connectivity index (χ3v) is 2.76. The van der Waals surface area contributed by atoms with E-state index in [4.69, 9.17) is 9.84 Å². The van der Waals surface area contributed by atoms with Crippen molar-refractivity contribution in [3.63, 3.8) is 0 Å². The van der Waals surface area contributed by atoms with Crippen LogP contribution in [0.2, 0.25) is 0 Å². The molecule has 1 N–H and O–H groups in total. The van der Waals surface area contributed by atoms with Crippen LogP contribution in [0.3, 0.4) is 0 Å². The van der Waals surface area contributed by atoms with E-state index < -0.39 is 23.3 Å². The first-order valence-corrected chi connectivity index (χ1v) is 6.14. The molecule has 2 rings (SSSR count). The molecular formula is C15H13F2NO3. The van der Waals surface area contributed by atoms with E-state index in [1.807, 2.05) is 13.0 Å². The van der Waals surface area contributed by atoms with Gasteiger partial charge in [0.1, 0.15) is 5.75 Å². The zero-order chi connectivity index (χ0) is 15.6. The number of ether oxygens (including phenoxy) is 1. The number of carboxylic acid groups (broad SMARTS) is 1. The van der Waals surface area contributed by atoms with Crippen molar-refractivity contribution in [3.05, 3.63) is 53.2 Å². The summed E-state index contributed by atoms with van der Waals surface area (Å²) in [5.41, 5.74) is 0.0614. The standard InChI is InChI=1S/C15H13F2NO3/c1-9-4-3-5-10(8-9)21-13-11(15(2,16)17)6-7-12(18-13)14(19)20/h3-8H,1-2H3,(H,19,20). The number of carbonyl (C=O) groups is 1. The number of aryl methyl sites for hydroxylation is 1. The number of pyridine rings is 1. The van der Waals surface area contributed by atoms with E-state index in [1.165, 1.54) is 0 Å². The number of aromatic carboxylic acids is 1. The van der Waals surface area contributed by atoms with Crippen LogP contribution in [0.1, 0.15) is 28.5 Å². The summed E-state index contributed by atoms with van der Waals surface area (Å²) in [5, 5.41) is 8.91. The van der Waals surface area contributed by atoms with Crippen LogP contribution in [0.25, 0.3) is 0 Å². The van der Waals surface area contributed by atoms with Crippen molar-refractivity contribution in [3.8, 4) is 11.6 Å². The molecule has 0 amide bonds. The zero-order valence-corrected chi connectivity index (χ0v) is 11.4. The molecule has 21 heavy (non-hydrogen) atoms. The summed E-state index contributed by atoms with van der Waals surface area (Å²) in [6, 6.07) is 8.80. The molecule has 0 saturated carbocycles. The van der Waals surface area contributed by atoms with Gasteiger partial charge in [-0.3, -0.25) is 0 Å². The Kier molecular flexibility index (Phi) is 3.88. The smallest absolute Gasteiger partial charge is 0.354 e. The van der Waals surface area contributed by atoms with Gasteiger partial charge in [-0.25, -0.2) is 18.6 Å². The van der Waals surface area contributed by atoms with Gasteiger partial charge in [-0.2, -0.15) is 0 Å². The second kappa shape index (κ2) is 5.47. The molecule has 0 aliphatic rings. The second-order valence-electron chi connectivity index (χ2n) is 4.66. The molecule has 0 spiro atoms. The Morgan fingerprint density at radius 3 is 2.57 bits per heavy atom. The van der Waals surface area contributed by atoms with Gasteiger partial charge >= 0.3 is 5.97 Å². The Morgan fingerprint density at radius 1 is 1.29 bits per heavy atom. The number of hydrogen-bond donors (Lipinski definition) is 1. The van der Waals surface area contributed by atoms with Crippen LogP contribution in [0.4, 0.5) is 8.78 Å². The van der Waals surface area contributed by atoms with Gasteiger partial charge in [-0.1, -0.05) is 12.1 Å². The number of nitrogens with zero attached hydrogens (tertiary/aromatic N) is 1. The van der Waals surface area contributed by atoms with Gasteiger partial charge in [0.2, 0.25) is 5.88 Å². The minimum absolute atomic E-state index is 0.315. The van der Waals surface area contributed by atoms with Crippen LogP contribution in [-0.2, 0) is 5.92 Å². The molecule has 0 saturated heterocycles. The minimum Gasteiger partial charge on any atom is -0.477 e. The highest BCUT2D eigenvalue weighted by atomic mass is 19.3. The van der Waals surface area contributed by atoms with Gasteiger partial charge in [-0.15, -0.1) is 0 Å². The summed E-state index contributed by atoms with van der Waals surface area (Å²) in [7, 11) is 0. The first kappa shape index (κ1) is 14.9. The number of benzene rings is 1. The molecule has 0 unspecified atom stereocenters. The number of carboxylic acids is 1. The molecule has 110 valence electrons. The lowest BCUT2D eigenvalue weighted by Crippen LogP contribution is -2.12. The number of hydrogen-bond acceptors (Lipinski definition) is 3. The SMILES string of the molecule is Cc1cccc(Oc2nc(C(=O)O)ccc2C(C)(F)F)c1. The highest BCUT2D eigenvalue weighted by molar-refractivity contribution is 5.85. The first-order valence-electron chi connectivity index (χ1n) is 6.14. The summed E-state index contributed by atoms with van der Waals surface area (Å²) in [6.45, 7) is 2.52. The van der Waals surface area contributed by atoms with E-state index in [0.717, 1.165) is 17.7 Å². The van der Waals surface area contributed by atoms with E-state index in [9.17, 15) is 13.6 Å². The second-order valence-corrected chi connectivity index (χ2v) is 4.66. The van der Waals surface area contributed by atoms with Crippen LogP contribution in [0, 0.1) is 6.92 Å². The molecule has 1 heterocycles. The lowest BCUT2D eigenvalue weighted by molar-refractivity contribution is 0.0148. The monoisotopic (exact) mass is 293 g/mol. The van der Waals surface area contributed by atoms with Crippen LogP contribution in [0.5, 0.6) is 11.6 Å². The minimum atomic E-state index is -3.19. The highest BCUT2D eigenvalue weighted by Crippen LogP contribution is 2.35. The third-order valence-electron chi connectivity index (χ3n) is 2.76. The number of halogens is 2. The highest BCUT2D eigenvalue weighted by Gasteiger charge is 2.30. The number of alkyl halides is 2. The van der Waals surface area contributed by atoms with Crippen molar-refractivity contribution in [2.75, 3.05) is 0 Å². The molecule has 6 heteroatoms. The predicted octanol–water partition coefficient (Wildman–Crippen LogP) is 3.99. The Balaban J connectivity index is 2.48. The van der Waals surface area contributed by atoms with E-state index in [0.29, 0.717) is 12.7 Å². The average Bonchev–Trinajstić information content (AvgIpc) is 2.37. The normalized spacial score (nSPS) is 11.2. The van der Waals surface area contributed by atoms with Crippen molar-refractivity contribution >= 4 is 5.97 Å². The lowest BCUT2D eigenvalue weighted by atomic mass is 10.1. The molecule has 1 aromatic heterocycles. The Bertz CT molecular complexity index is 681. The molecule has 0 aliphatic heterocycles. The summed E-state index contributed by atoms with van der Waals surface area (Å²) in [5.74, 6) is -4.60. The zero-order valence-electron chi connectivity index (χ0n) is 11.4. The largest absolute Gasteiger partial charge is 0.477 e. The maximum atomic E-state index is 13.6. The van der Waals surface area contributed by atoms with Gasteiger partial charge in [0.05, 0.1) is 5.56 Å². The fourth-order valence-corrected chi connectivity index (χ4v) is 1.76. The van der Waals surface area contributed by atoms with Crippen LogP contribution in [0.15, 0.2) is 36.4 Å². The van der Waals surface area contributed by atoms with Crippen LogP contribution in [-0.4, -0.2) is 16.1 Å². The molecule has 4 nitrogen and oxygen atoms in total. The molecule has 0 atom stereocenters. The maximum absolute atomic E-state index is 13.6. The van der Waals surface area contributed by atoms with E-state index in [-0.39, 0.29) is 5.69 Å². The topological polar surface area (TPSA) is 59.4 Å². The fourth-order valence-electron chi connectivity index (χ4n) is 1.76. The Morgan fingerprint density at radius 2 is 2.00 bits per heavy atom. The van der Waals surface area contributed by atoms with E-state index >= 15 is 0 Å². The van der Waals surface area contributed by atoms with E-state index in [1.54, 1.807) is 18.2 Å². The summed E-state index contributed by atoms with van der Waals surface area (Å²) in [6.07, 6.45) is 0. The molecule has 0 fully saturated rings. The van der Waals surface area contributed by atoms with Crippen molar-refractivity contribution in [1.29, 1.82) is 0 Å². The lowest BCUT2D eigenvalue weighted by Gasteiger charge is -2.15. The van der Waals surface area contributed by atoms with E-state index in [2.05, 4.69) is 4.98 Å². The van der Waals surface area contributed by atoms with Gasteiger partial charge in [0, 0.05) is 6.92 Å². The summed E-state index contributed by atoms with van der Waals surface area (Å²) in [4.78, 5) is 14.6. The molecule has 0 bridgehead atoms. The quantitative estimate of drug-likeness (QED) is 0.925. The Labute approximate surface area is 120 Å². The first-order chi connectivity index (χ1) is 9.77. The van der Waals surface area contributed by atoms with Gasteiger partial charge in [-0.05, 0) is 36.8 Å². The van der Waals surface area contributed by atoms with Crippen molar-refractivity contribution < 1.29 is 23.4 Å². The predicted molar refractivity (Wildman–Crippen MR) is 72.0 cm³/mol. The summed E-state index contributed by atoms with van der Waals surface area (Å²) >= 11 is 0. The molecule has 0 radical (unpaired) electrons. The average molecular weight is 293 g/mol. The molecule has 1 aromatic carbocycles. The van der Waals surface area contributed by atoms with Gasteiger partial charge in [0.15, 0.2) is 5.69 Å². The third kappa shape index (κ3) is 3.53. The molecule has 0 aliphatic carbocycles. The van der Waals surface area contributed by atoms with Crippen molar-refractivity contribution in [1.82, 2.24) is 4.98 Å².